The van der Waals surface area contributed by atoms with Crippen molar-refractivity contribution in [3.05, 3.63) is 0 Å². The van der Waals surface area contributed by atoms with Gasteiger partial charge in [-0.25, -0.2) is 0 Å². The Morgan fingerprint density at radius 1 is 0.340 bits per heavy atom. The van der Waals surface area contributed by atoms with E-state index in [1.807, 2.05) is 0 Å². The molecule has 0 fully saturated rings. The van der Waals surface area contributed by atoms with Gasteiger partial charge >= 0.3 is 5.97 Å². The molecule has 0 aliphatic heterocycles. The summed E-state index contributed by atoms with van der Waals surface area (Å²) in [5, 5.41) is 0. The molecule has 0 N–H and O–H groups in total. The monoisotopic (exact) mass is 746 g/mol. The van der Waals surface area contributed by atoms with Crippen molar-refractivity contribution in [2.75, 3.05) is 158 Å². The molecule has 50 heavy (non-hydrogen) atoms. The van der Waals surface area contributed by atoms with Gasteiger partial charge in [-0.05, 0) is 19.3 Å². The summed E-state index contributed by atoms with van der Waals surface area (Å²) >= 11 is 5.66. The number of hydrogen-bond donors (Lipinski definition) is 0. The molecule has 0 amide bonds. The highest BCUT2D eigenvalue weighted by Gasteiger charge is 2.02. The van der Waals surface area contributed by atoms with Crippen molar-refractivity contribution >= 4 is 17.6 Å². The van der Waals surface area contributed by atoms with Crippen LogP contribution in [0.25, 0.3) is 0 Å². The third-order valence-electron chi connectivity index (χ3n) is 6.87. The molecule has 14 heteroatoms. The largest absolute Gasteiger partial charge is 0.463 e. The van der Waals surface area contributed by atoms with Crippen LogP contribution in [0.5, 0.6) is 0 Å². The van der Waals surface area contributed by atoms with Crippen LogP contribution in [-0.2, 0) is 61.6 Å². The molecular formula is C36H71ClO13. The Kier molecular flexibility index (Phi) is 45.7. The van der Waals surface area contributed by atoms with Crippen LogP contribution in [0.15, 0.2) is 0 Å². The highest BCUT2D eigenvalue weighted by atomic mass is 35.5. The van der Waals surface area contributed by atoms with Gasteiger partial charge in [0.1, 0.15) is 6.61 Å². The van der Waals surface area contributed by atoms with Gasteiger partial charge in [-0.3, -0.25) is 4.79 Å². The lowest BCUT2D eigenvalue weighted by Crippen LogP contribution is -2.15. The van der Waals surface area contributed by atoms with E-state index in [9.17, 15) is 4.79 Å². The van der Waals surface area contributed by atoms with Crippen molar-refractivity contribution in [3.8, 4) is 0 Å². The summed E-state index contributed by atoms with van der Waals surface area (Å²) in [6.45, 7) is 13.9. The smallest absolute Gasteiger partial charge is 0.305 e. The third kappa shape index (κ3) is 45.3. The van der Waals surface area contributed by atoms with Gasteiger partial charge in [0, 0.05) is 18.9 Å². The van der Waals surface area contributed by atoms with Gasteiger partial charge in [-0.15, -0.1) is 11.6 Å². The average molecular weight is 747 g/mol. The Balaban J connectivity index is 3.08. The highest BCUT2D eigenvalue weighted by Crippen LogP contribution is 2.05. The topological polar surface area (TPSA) is 128 Å². The first-order valence-electron chi connectivity index (χ1n) is 18.9. The van der Waals surface area contributed by atoms with E-state index in [-0.39, 0.29) is 12.6 Å². The number of rotatable bonds is 45. The molecule has 0 aromatic heterocycles. The van der Waals surface area contributed by atoms with E-state index in [1.54, 1.807) is 0 Å². The molecule has 0 unspecified atom stereocenters. The highest BCUT2D eigenvalue weighted by molar-refractivity contribution is 6.17. The molecule has 0 aliphatic rings. The van der Waals surface area contributed by atoms with Gasteiger partial charge in [0.05, 0.1) is 139 Å². The van der Waals surface area contributed by atoms with E-state index in [2.05, 4.69) is 6.92 Å². The SMILES string of the molecule is CCCCCCCC(=O)OCCOCCOCCOCCOCCOCCOCCOCCOCCOCCOCCOCCCCCCCl. The van der Waals surface area contributed by atoms with Crippen LogP contribution in [0.1, 0.15) is 71.1 Å². The van der Waals surface area contributed by atoms with Gasteiger partial charge in [0.2, 0.25) is 0 Å². The Hall–Kier alpha value is -0.680. The first kappa shape index (κ1) is 49.3. The number of carbonyl (C=O) groups excluding carboxylic acids is 1. The van der Waals surface area contributed by atoms with E-state index in [4.69, 9.17) is 68.4 Å². The number of alkyl halides is 1. The van der Waals surface area contributed by atoms with Crippen molar-refractivity contribution in [2.24, 2.45) is 0 Å². The molecule has 0 saturated heterocycles. The zero-order valence-electron chi connectivity index (χ0n) is 31.2. The second kappa shape index (κ2) is 46.3. The fraction of sp³-hybridized carbons (Fsp3) is 0.972. The predicted molar refractivity (Wildman–Crippen MR) is 193 cm³/mol. The Bertz CT molecular complexity index is 637. The molecular weight excluding hydrogens is 676 g/mol. The Morgan fingerprint density at radius 2 is 0.620 bits per heavy atom. The molecule has 0 spiro atoms. The van der Waals surface area contributed by atoms with Crippen molar-refractivity contribution in [3.63, 3.8) is 0 Å². The van der Waals surface area contributed by atoms with Crippen molar-refractivity contribution in [2.45, 2.75) is 71.1 Å². The predicted octanol–water partition coefficient (Wildman–Crippen LogP) is 4.87. The van der Waals surface area contributed by atoms with E-state index in [0.717, 1.165) is 38.2 Å². The molecule has 0 heterocycles. The van der Waals surface area contributed by atoms with E-state index in [0.29, 0.717) is 145 Å². The molecule has 0 aromatic rings. The second-order valence-corrected chi connectivity index (χ2v) is 11.6. The molecule has 13 nitrogen and oxygen atoms in total. The summed E-state index contributed by atoms with van der Waals surface area (Å²) < 4.78 is 65.4. The summed E-state index contributed by atoms with van der Waals surface area (Å²) in [5.41, 5.74) is 0. The van der Waals surface area contributed by atoms with Crippen LogP contribution in [0.2, 0.25) is 0 Å². The van der Waals surface area contributed by atoms with Gasteiger partial charge in [-0.1, -0.05) is 45.4 Å². The first-order valence-corrected chi connectivity index (χ1v) is 19.4. The van der Waals surface area contributed by atoms with Crippen LogP contribution in [0.4, 0.5) is 0 Å². The summed E-state index contributed by atoms with van der Waals surface area (Å²) in [6.07, 6.45) is 10.6. The van der Waals surface area contributed by atoms with Gasteiger partial charge in [0.25, 0.3) is 0 Å². The Labute approximate surface area is 307 Å². The van der Waals surface area contributed by atoms with Crippen LogP contribution >= 0.6 is 11.6 Å². The quantitative estimate of drug-likeness (QED) is 0.0478. The lowest BCUT2D eigenvalue weighted by atomic mass is 10.1. The summed E-state index contributed by atoms with van der Waals surface area (Å²) in [5.74, 6) is 0.594. The van der Waals surface area contributed by atoms with E-state index >= 15 is 0 Å². The number of hydrogen-bond acceptors (Lipinski definition) is 13. The molecule has 300 valence electrons. The van der Waals surface area contributed by atoms with Crippen molar-refractivity contribution in [1.29, 1.82) is 0 Å². The number of carbonyl (C=O) groups is 1. The fourth-order valence-corrected chi connectivity index (χ4v) is 4.30. The minimum atomic E-state index is -0.147. The minimum absolute atomic E-state index is 0.147. The average Bonchev–Trinajstić information content (AvgIpc) is 3.12. The van der Waals surface area contributed by atoms with Crippen molar-refractivity contribution in [1.82, 2.24) is 0 Å². The van der Waals surface area contributed by atoms with Crippen LogP contribution in [0.3, 0.4) is 0 Å². The second-order valence-electron chi connectivity index (χ2n) is 11.2. The zero-order chi connectivity index (χ0) is 36.1. The number of ether oxygens (including phenoxy) is 12. The molecule has 0 atom stereocenters. The van der Waals surface area contributed by atoms with Crippen LogP contribution in [0, 0.1) is 0 Å². The van der Waals surface area contributed by atoms with Gasteiger partial charge in [-0.2, -0.15) is 0 Å². The lowest BCUT2D eigenvalue weighted by Gasteiger charge is -2.09. The molecule has 0 rings (SSSR count). The third-order valence-corrected chi connectivity index (χ3v) is 7.13. The minimum Gasteiger partial charge on any atom is -0.463 e. The van der Waals surface area contributed by atoms with Gasteiger partial charge in [0.15, 0.2) is 0 Å². The summed E-state index contributed by atoms with van der Waals surface area (Å²) in [7, 11) is 0. The maximum Gasteiger partial charge on any atom is 0.305 e. The van der Waals surface area contributed by atoms with E-state index < -0.39 is 0 Å². The summed E-state index contributed by atoms with van der Waals surface area (Å²) in [4.78, 5) is 11.6. The standard InChI is InChI=1S/C36H71ClO13/c1-2-3-4-5-8-11-36(38)50-35-34-49-33-32-48-31-30-47-29-28-46-27-26-45-25-24-44-23-22-43-21-20-42-19-18-41-17-16-40-15-14-39-13-10-7-6-9-12-37/h2-35H2,1H3. The molecule has 0 radical (unpaired) electrons. The summed E-state index contributed by atoms with van der Waals surface area (Å²) in [6, 6.07) is 0. The van der Waals surface area contributed by atoms with Crippen molar-refractivity contribution < 1.29 is 61.6 Å². The normalized spacial score (nSPS) is 11.5. The maximum absolute atomic E-state index is 11.6. The number of esters is 1. The molecule has 0 saturated carbocycles. The first-order chi connectivity index (χ1) is 24.8. The zero-order valence-corrected chi connectivity index (χ0v) is 32.0. The van der Waals surface area contributed by atoms with Crippen LogP contribution in [-0.4, -0.2) is 164 Å². The molecule has 0 aliphatic carbocycles. The van der Waals surface area contributed by atoms with Crippen LogP contribution < -0.4 is 0 Å². The molecule has 0 bridgehead atoms. The number of unbranched alkanes of at least 4 members (excludes halogenated alkanes) is 7. The number of halogens is 1. The lowest BCUT2D eigenvalue weighted by molar-refractivity contribution is -0.145. The maximum atomic E-state index is 11.6. The molecule has 0 aromatic carbocycles. The fourth-order valence-electron chi connectivity index (χ4n) is 4.11. The van der Waals surface area contributed by atoms with Gasteiger partial charge < -0.3 is 56.8 Å². The Morgan fingerprint density at radius 3 is 0.960 bits per heavy atom. The van der Waals surface area contributed by atoms with E-state index in [1.165, 1.54) is 32.1 Å².